The van der Waals surface area contributed by atoms with Gasteiger partial charge in [-0.2, -0.15) is 5.10 Å². The van der Waals surface area contributed by atoms with E-state index in [2.05, 4.69) is 15.3 Å². The Balaban J connectivity index is 1.53. The molecule has 0 bridgehead atoms. The number of aryl methyl sites for hydroxylation is 1. The first kappa shape index (κ1) is 23.9. The highest BCUT2D eigenvalue weighted by Gasteiger charge is 2.22. The molecule has 10 heteroatoms. The van der Waals surface area contributed by atoms with Crippen molar-refractivity contribution < 1.29 is 19.2 Å². The zero-order chi connectivity index (χ0) is 25.1. The first-order valence-corrected chi connectivity index (χ1v) is 11.3. The molecular weight excluding hydrogens is 450 g/mol. The molecule has 2 heterocycles. The molecular formula is C25H27N5O5. The molecule has 0 spiro atoms. The van der Waals surface area contributed by atoms with E-state index in [0.717, 1.165) is 37.2 Å². The predicted molar refractivity (Wildman–Crippen MR) is 131 cm³/mol. The van der Waals surface area contributed by atoms with Gasteiger partial charge in [0.15, 0.2) is 0 Å². The van der Waals surface area contributed by atoms with Gasteiger partial charge in [-0.3, -0.25) is 19.6 Å². The Morgan fingerprint density at radius 3 is 2.34 bits per heavy atom. The number of hydrogen-bond donors (Lipinski definition) is 1. The first-order valence-electron chi connectivity index (χ1n) is 11.3. The molecule has 1 N–H and O–H groups in total. The lowest BCUT2D eigenvalue weighted by Gasteiger charge is -2.22. The average molecular weight is 478 g/mol. The normalized spacial score (nSPS) is 13.1. The number of aromatic nitrogens is 2. The second kappa shape index (κ2) is 9.96. The topological polar surface area (TPSA) is 120 Å². The fraction of sp³-hybridized carbons (Fsp3) is 0.320. The molecule has 1 fully saturated rings. The van der Waals surface area contributed by atoms with Gasteiger partial charge >= 0.3 is 11.7 Å². The summed E-state index contributed by atoms with van der Waals surface area (Å²) in [4.78, 5) is 38.1. The smallest absolute Gasteiger partial charge is 0.337 e. The van der Waals surface area contributed by atoms with Crippen molar-refractivity contribution in [2.45, 2.75) is 33.2 Å². The summed E-state index contributed by atoms with van der Waals surface area (Å²) >= 11 is 0. The van der Waals surface area contributed by atoms with Crippen molar-refractivity contribution >= 4 is 28.9 Å². The third-order valence-electron chi connectivity index (χ3n) is 6.19. The third kappa shape index (κ3) is 5.01. The summed E-state index contributed by atoms with van der Waals surface area (Å²) in [5, 5.41) is 18.5. The minimum atomic E-state index is -0.470. The van der Waals surface area contributed by atoms with Gasteiger partial charge < -0.3 is 15.0 Å². The van der Waals surface area contributed by atoms with Gasteiger partial charge in [0.2, 0.25) is 0 Å². The second-order valence-corrected chi connectivity index (χ2v) is 8.50. The second-order valence-electron chi connectivity index (χ2n) is 8.50. The molecule has 0 unspecified atom stereocenters. The summed E-state index contributed by atoms with van der Waals surface area (Å²) in [5.41, 5.74) is 3.95. The van der Waals surface area contributed by atoms with Gasteiger partial charge in [-0.25, -0.2) is 4.79 Å². The SMILES string of the molecule is COC(=O)c1ccc(N2CCCC2)c(NC(=O)c2ccc(Cn3nc(C)c([N+](=O)[O-])c3C)cc2)c1. The Morgan fingerprint density at radius 1 is 1.09 bits per heavy atom. The van der Waals surface area contributed by atoms with Gasteiger partial charge in [0, 0.05) is 18.7 Å². The Bertz CT molecular complexity index is 1280. The minimum Gasteiger partial charge on any atom is -0.465 e. The molecule has 10 nitrogen and oxygen atoms in total. The molecule has 182 valence electrons. The van der Waals surface area contributed by atoms with Crippen LogP contribution in [-0.4, -0.2) is 46.8 Å². The Hall–Kier alpha value is -4.21. The molecule has 0 aliphatic carbocycles. The number of nitrogens with zero attached hydrogens (tertiary/aromatic N) is 4. The van der Waals surface area contributed by atoms with Crippen LogP contribution in [0.4, 0.5) is 17.1 Å². The van der Waals surface area contributed by atoms with Crippen molar-refractivity contribution in [3.8, 4) is 0 Å². The van der Waals surface area contributed by atoms with Crippen LogP contribution in [-0.2, 0) is 11.3 Å². The van der Waals surface area contributed by atoms with Crippen molar-refractivity contribution in [2.75, 3.05) is 30.4 Å². The van der Waals surface area contributed by atoms with Gasteiger partial charge in [0.1, 0.15) is 11.4 Å². The van der Waals surface area contributed by atoms with Crippen molar-refractivity contribution in [3.63, 3.8) is 0 Å². The molecule has 1 amide bonds. The van der Waals surface area contributed by atoms with Gasteiger partial charge in [-0.1, -0.05) is 12.1 Å². The quantitative estimate of drug-likeness (QED) is 0.309. The van der Waals surface area contributed by atoms with E-state index in [-0.39, 0.29) is 11.6 Å². The van der Waals surface area contributed by atoms with Crippen LogP contribution in [0, 0.1) is 24.0 Å². The summed E-state index contributed by atoms with van der Waals surface area (Å²) < 4.78 is 6.42. The Morgan fingerprint density at radius 2 is 1.74 bits per heavy atom. The monoisotopic (exact) mass is 477 g/mol. The van der Waals surface area contributed by atoms with Gasteiger partial charge in [-0.15, -0.1) is 0 Å². The number of benzene rings is 2. The molecule has 3 aromatic rings. The highest BCUT2D eigenvalue weighted by atomic mass is 16.6. The van der Waals surface area contributed by atoms with Crippen molar-refractivity contribution in [1.82, 2.24) is 9.78 Å². The lowest BCUT2D eigenvalue weighted by molar-refractivity contribution is -0.386. The highest BCUT2D eigenvalue weighted by molar-refractivity contribution is 6.06. The van der Waals surface area contributed by atoms with Gasteiger partial charge in [0.25, 0.3) is 5.91 Å². The van der Waals surface area contributed by atoms with Crippen molar-refractivity contribution in [1.29, 1.82) is 0 Å². The lowest BCUT2D eigenvalue weighted by atomic mass is 10.1. The first-order chi connectivity index (χ1) is 16.8. The Labute approximate surface area is 202 Å². The number of nitro groups is 1. The summed E-state index contributed by atoms with van der Waals surface area (Å²) in [6.45, 7) is 5.41. The van der Waals surface area contributed by atoms with Gasteiger partial charge in [0.05, 0.1) is 35.5 Å². The lowest BCUT2D eigenvalue weighted by Crippen LogP contribution is -2.21. The van der Waals surface area contributed by atoms with Crippen LogP contribution >= 0.6 is 0 Å². The molecule has 0 radical (unpaired) electrons. The fourth-order valence-electron chi connectivity index (χ4n) is 4.35. The van der Waals surface area contributed by atoms with E-state index in [1.807, 2.05) is 6.07 Å². The number of ether oxygens (including phenoxy) is 1. The maximum Gasteiger partial charge on any atom is 0.337 e. The minimum absolute atomic E-state index is 0.0176. The van der Waals surface area contributed by atoms with Crippen LogP contribution < -0.4 is 10.2 Å². The summed E-state index contributed by atoms with van der Waals surface area (Å²) in [6, 6.07) is 12.2. The van der Waals surface area contributed by atoms with Crippen LogP contribution in [0.25, 0.3) is 0 Å². The van der Waals surface area contributed by atoms with E-state index in [1.165, 1.54) is 7.11 Å². The number of amides is 1. The number of rotatable bonds is 7. The molecule has 0 atom stereocenters. The van der Waals surface area contributed by atoms with E-state index < -0.39 is 10.9 Å². The Kier molecular flexibility index (Phi) is 6.81. The summed E-state index contributed by atoms with van der Waals surface area (Å²) in [5.74, 6) is -0.775. The predicted octanol–water partition coefficient (Wildman–Crippen LogP) is 4.10. The van der Waals surface area contributed by atoms with Crippen LogP contribution in [0.2, 0.25) is 0 Å². The molecule has 2 aromatic carbocycles. The third-order valence-corrected chi connectivity index (χ3v) is 6.19. The van der Waals surface area contributed by atoms with Crippen molar-refractivity contribution in [2.24, 2.45) is 0 Å². The van der Waals surface area contributed by atoms with E-state index in [0.29, 0.717) is 34.7 Å². The number of esters is 1. The molecule has 1 aromatic heterocycles. The fourth-order valence-corrected chi connectivity index (χ4v) is 4.35. The standard InChI is InChI=1S/C25H27N5O5/c1-16-23(30(33)34)17(2)29(27-16)15-18-6-8-19(9-7-18)24(31)26-21-14-20(25(32)35-3)10-11-22(21)28-12-4-5-13-28/h6-11,14H,4-5,12-13,15H2,1-3H3,(H,26,31). The number of nitrogens with one attached hydrogen (secondary N) is 1. The largest absolute Gasteiger partial charge is 0.465 e. The van der Waals surface area contributed by atoms with E-state index >= 15 is 0 Å². The van der Waals surface area contributed by atoms with E-state index in [1.54, 1.807) is 54.9 Å². The molecule has 1 aliphatic heterocycles. The molecule has 4 rings (SSSR count). The summed E-state index contributed by atoms with van der Waals surface area (Å²) in [6.07, 6.45) is 2.15. The van der Waals surface area contributed by atoms with Crippen molar-refractivity contribution in [3.05, 3.63) is 80.7 Å². The molecule has 1 saturated heterocycles. The molecule has 35 heavy (non-hydrogen) atoms. The molecule has 0 saturated carbocycles. The number of anilines is 2. The number of carbonyl (C=O) groups is 2. The number of carbonyl (C=O) groups excluding carboxylic acids is 2. The number of methoxy groups -OCH3 is 1. The zero-order valence-electron chi connectivity index (χ0n) is 19.9. The maximum atomic E-state index is 13.0. The number of hydrogen-bond acceptors (Lipinski definition) is 7. The summed E-state index contributed by atoms with van der Waals surface area (Å²) in [7, 11) is 1.32. The zero-order valence-corrected chi connectivity index (χ0v) is 19.9. The van der Waals surface area contributed by atoms with Crippen LogP contribution in [0.1, 0.15) is 50.5 Å². The highest BCUT2D eigenvalue weighted by Crippen LogP contribution is 2.31. The van der Waals surface area contributed by atoms with Crippen LogP contribution in [0.5, 0.6) is 0 Å². The van der Waals surface area contributed by atoms with Crippen LogP contribution in [0.3, 0.4) is 0 Å². The average Bonchev–Trinajstić information content (AvgIpc) is 3.47. The van der Waals surface area contributed by atoms with E-state index in [4.69, 9.17) is 4.74 Å². The maximum absolute atomic E-state index is 13.0. The van der Waals surface area contributed by atoms with Gasteiger partial charge in [-0.05, 0) is 62.6 Å². The van der Waals surface area contributed by atoms with E-state index in [9.17, 15) is 19.7 Å². The molecule has 1 aliphatic rings. The van der Waals surface area contributed by atoms with Crippen LogP contribution in [0.15, 0.2) is 42.5 Å².